The summed E-state index contributed by atoms with van der Waals surface area (Å²) in [6.45, 7) is 32.3. The van der Waals surface area contributed by atoms with E-state index in [1.54, 1.807) is 0 Å². The van der Waals surface area contributed by atoms with E-state index in [1.165, 1.54) is 29.7 Å². The van der Waals surface area contributed by atoms with Crippen LogP contribution in [-0.4, -0.2) is 12.1 Å². The van der Waals surface area contributed by atoms with E-state index in [1.807, 2.05) is 0 Å². The predicted molar refractivity (Wildman–Crippen MR) is 222 cm³/mol. The Balaban J connectivity index is -0.000000295. The second-order valence-corrected chi connectivity index (χ2v) is 14.1. The summed E-state index contributed by atoms with van der Waals surface area (Å²) in [6, 6.07) is 33.6. The van der Waals surface area contributed by atoms with Gasteiger partial charge in [-0.05, 0) is 92.9 Å². The summed E-state index contributed by atoms with van der Waals surface area (Å²) < 4.78 is 0. The highest BCUT2D eigenvalue weighted by molar-refractivity contribution is 5.47. The summed E-state index contributed by atoms with van der Waals surface area (Å²) in [4.78, 5) is 2.42. The van der Waals surface area contributed by atoms with Gasteiger partial charge in [-0.1, -0.05) is 178 Å². The van der Waals surface area contributed by atoms with Crippen LogP contribution in [0.2, 0.25) is 0 Å². The Labute approximate surface area is 298 Å². The van der Waals surface area contributed by atoms with Crippen molar-refractivity contribution in [1.29, 1.82) is 0 Å². The lowest BCUT2D eigenvalue weighted by molar-refractivity contribution is 0.0991. The first-order valence-corrected chi connectivity index (χ1v) is 17.2. The molecular weight excluding hydrogens is 567 g/mol. The number of rotatable bonds is 11. The number of anilines is 1. The van der Waals surface area contributed by atoms with Gasteiger partial charge in [-0.15, -0.1) is 0 Å². The van der Waals surface area contributed by atoms with E-state index in [9.17, 15) is 0 Å². The van der Waals surface area contributed by atoms with Gasteiger partial charge < -0.3 is 4.90 Å². The lowest BCUT2D eigenvalue weighted by Gasteiger charge is -2.43. The molecule has 0 bridgehead atoms. The van der Waals surface area contributed by atoms with Gasteiger partial charge in [0.1, 0.15) is 0 Å². The first-order chi connectivity index (χ1) is 20.2. The number of benzene rings is 3. The first kappa shape index (κ1) is 51.3. The van der Waals surface area contributed by atoms with E-state index in [-0.39, 0.29) is 35.1 Å². The van der Waals surface area contributed by atoms with Gasteiger partial charge in [-0.25, -0.2) is 0 Å². The van der Waals surface area contributed by atoms with Crippen molar-refractivity contribution >= 4 is 5.69 Å². The molecule has 3 rings (SSSR count). The van der Waals surface area contributed by atoms with E-state index < -0.39 is 0 Å². The molecule has 0 N–H and O–H groups in total. The van der Waals surface area contributed by atoms with Crippen LogP contribution in [0.15, 0.2) is 91.0 Å². The normalized spacial score (nSPS) is 11.0. The van der Waals surface area contributed by atoms with Crippen LogP contribution in [0.3, 0.4) is 0 Å². The average Bonchev–Trinajstić information content (AvgIpc) is 2.96. The zero-order valence-corrected chi connectivity index (χ0v) is 30.5. The van der Waals surface area contributed by atoms with Gasteiger partial charge in [-0.2, -0.15) is 0 Å². The molecule has 0 amide bonds. The van der Waals surface area contributed by atoms with Crippen LogP contribution in [0.1, 0.15) is 151 Å². The number of nitrogens with zero attached hydrogens (tertiary/aromatic N) is 1. The highest BCUT2D eigenvalue weighted by Gasteiger charge is 2.40. The fourth-order valence-electron chi connectivity index (χ4n) is 7.94. The maximum absolute atomic E-state index is 2.42. The topological polar surface area (TPSA) is 3.24 Å². The van der Waals surface area contributed by atoms with Crippen molar-refractivity contribution in [3.63, 3.8) is 0 Å². The molecule has 3 aromatic carbocycles. The summed E-state index contributed by atoms with van der Waals surface area (Å²) in [5.74, 6) is 2.74. The van der Waals surface area contributed by atoms with Crippen LogP contribution in [0, 0.1) is 29.1 Å². The maximum atomic E-state index is 2.42. The quantitative estimate of drug-likeness (QED) is 0.200. The molecule has 0 heterocycles. The Morgan fingerprint density at radius 3 is 0.894 bits per heavy atom. The summed E-state index contributed by atoms with van der Waals surface area (Å²) in [6.07, 6.45) is 2.64. The maximum Gasteiger partial charge on any atom is 0.0370 e. The molecule has 0 radical (unpaired) electrons. The summed E-state index contributed by atoms with van der Waals surface area (Å²) >= 11 is 0. The summed E-state index contributed by atoms with van der Waals surface area (Å²) in [5.41, 5.74) is 4.83. The molecule has 1 heteroatoms. The van der Waals surface area contributed by atoms with Crippen molar-refractivity contribution in [2.24, 2.45) is 29.1 Å². The van der Waals surface area contributed by atoms with Crippen LogP contribution in [-0.2, 0) is 5.41 Å². The third-order valence-corrected chi connectivity index (χ3v) is 10.1. The minimum absolute atomic E-state index is 0. The molecule has 3 aromatic rings. The lowest BCUT2D eigenvalue weighted by Crippen LogP contribution is -2.39. The van der Waals surface area contributed by atoms with Crippen LogP contribution in [0.4, 0.5) is 5.69 Å². The SMILES string of the molecule is C.C.C.C.CC(C)C(c1ccccc1)(c1ccccc1)C(C)C.CC(C)N(c1ccccc1)C(C)C.CCC(CC)(C(C)C)C(C)C. The van der Waals surface area contributed by atoms with E-state index >= 15 is 0 Å². The molecule has 0 aromatic heterocycles. The number of para-hydroxylation sites is 1. The molecule has 1 nitrogen and oxygen atoms in total. The van der Waals surface area contributed by atoms with Crippen LogP contribution in [0.5, 0.6) is 0 Å². The highest BCUT2D eigenvalue weighted by atomic mass is 15.2. The zero-order chi connectivity index (χ0) is 32.8. The van der Waals surface area contributed by atoms with Crippen molar-refractivity contribution in [2.45, 2.75) is 157 Å². The first-order valence-electron chi connectivity index (χ1n) is 17.2. The van der Waals surface area contributed by atoms with E-state index in [0.29, 0.717) is 29.3 Å². The molecule has 0 aliphatic carbocycles. The number of hydrogen-bond acceptors (Lipinski definition) is 1. The van der Waals surface area contributed by atoms with Crippen molar-refractivity contribution in [3.8, 4) is 0 Å². The smallest absolute Gasteiger partial charge is 0.0370 e. The van der Waals surface area contributed by atoms with E-state index in [2.05, 4.69) is 193 Å². The van der Waals surface area contributed by atoms with Gasteiger partial charge in [0.2, 0.25) is 0 Å². The van der Waals surface area contributed by atoms with Gasteiger partial charge in [0, 0.05) is 23.2 Å². The highest BCUT2D eigenvalue weighted by Crippen LogP contribution is 2.45. The Hall–Kier alpha value is -2.54. The van der Waals surface area contributed by atoms with Gasteiger partial charge in [-0.3, -0.25) is 0 Å². The third kappa shape index (κ3) is 13.1. The monoisotopic (exact) mass is 650 g/mol. The van der Waals surface area contributed by atoms with E-state index in [4.69, 9.17) is 0 Å². The Morgan fingerprint density at radius 1 is 0.426 bits per heavy atom. The lowest BCUT2D eigenvalue weighted by atomic mass is 9.61. The van der Waals surface area contributed by atoms with Crippen molar-refractivity contribution in [3.05, 3.63) is 102 Å². The molecule has 0 aliphatic heterocycles. The molecule has 0 saturated heterocycles. The van der Waals surface area contributed by atoms with Crippen molar-refractivity contribution < 1.29 is 0 Å². The van der Waals surface area contributed by atoms with Crippen LogP contribution in [0.25, 0.3) is 0 Å². The van der Waals surface area contributed by atoms with Crippen molar-refractivity contribution in [1.82, 2.24) is 0 Å². The van der Waals surface area contributed by atoms with Crippen LogP contribution < -0.4 is 4.90 Å². The zero-order valence-electron chi connectivity index (χ0n) is 30.5. The second kappa shape index (κ2) is 24.6. The molecule has 0 unspecified atom stereocenters. The molecule has 0 spiro atoms. The fourth-order valence-corrected chi connectivity index (χ4v) is 7.94. The minimum Gasteiger partial charge on any atom is -0.367 e. The van der Waals surface area contributed by atoms with Gasteiger partial charge in [0.25, 0.3) is 0 Å². The Bertz CT molecular complexity index is 1020. The molecule has 0 aliphatic rings. The molecule has 0 saturated carbocycles. The van der Waals surface area contributed by atoms with Gasteiger partial charge in [0.15, 0.2) is 0 Å². The largest absolute Gasteiger partial charge is 0.367 e. The molecule has 47 heavy (non-hydrogen) atoms. The Morgan fingerprint density at radius 2 is 0.702 bits per heavy atom. The van der Waals surface area contributed by atoms with Gasteiger partial charge >= 0.3 is 0 Å². The van der Waals surface area contributed by atoms with Crippen molar-refractivity contribution in [2.75, 3.05) is 4.90 Å². The number of hydrogen-bond donors (Lipinski definition) is 0. The molecular formula is C46H83N. The molecule has 0 atom stereocenters. The van der Waals surface area contributed by atoms with Gasteiger partial charge in [0.05, 0.1) is 0 Å². The minimum atomic E-state index is 0. The van der Waals surface area contributed by atoms with E-state index in [0.717, 1.165) is 11.8 Å². The summed E-state index contributed by atoms with van der Waals surface area (Å²) in [5, 5.41) is 0. The fraction of sp³-hybridized carbons (Fsp3) is 0.609. The second-order valence-electron chi connectivity index (χ2n) is 14.1. The summed E-state index contributed by atoms with van der Waals surface area (Å²) in [7, 11) is 0. The Kier molecular flexibility index (Phi) is 26.8. The standard InChI is InChI=1S/C19H24.C12H19N.C11H24.4CH4/c1-15(2)19(16(3)4,17-11-7-5-8-12-17)18-13-9-6-10-14-18;1-10(2)13(11(3)4)12-8-6-5-7-9-12;1-7-11(8-2,9(3)4)10(5)6;;;;/h5-16H,1-4H3;5-11H,1-4H3;9-10H,7-8H2,1-6H3;4*1H4. The average molecular weight is 650 g/mol. The third-order valence-electron chi connectivity index (χ3n) is 10.1. The molecule has 0 fully saturated rings. The molecule has 272 valence electrons. The predicted octanol–water partition coefficient (Wildman–Crippen LogP) is 15.2. The van der Waals surface area contributed by atoms with Crippen LogP contribution >= 0.6 is 0 Å².